The second-order valence-corrected chi connectivity index (χ2v) is 10.2. The molecule has 2 amide bonds. The first kappa shape index (κ1) is 29.9. The van der Waals surface area contributed by atoms with Gasteiger partial charge in [-0.1, -0.05) is 6.07 Å². The Kier molecular flexibility index (Phi) is 8.38. The maximum Gasteiger partial charge on any atom is 0.314 e. The van der Waals surface area contributed by atoms with Gasteiger partial charge in [-0.15, -0.1) is 0 Å². The van der Waals surface area contributed by atoms with Crippen molar-refractivity contribution < 1.29 is 23.8 Å². The van der Waals surface area contributed by atoms with Crippen molar-refractivity contribution in [2.45, 2.75) is 25.8 Å². The maximum absolute atomic E-state index is 13.5. The number of hydrogen-bond donors (Lipinski definition) is 5. The number of aromatic amines is 2. The Morgan fingerprint density at radius 1 is 0.886 bits per heavy atom. The molecule has 0 spiro atoms. The average Bonchev–Trinajstić information content (AvgIpc) is 3.23. The molecule has 1 aliphatic carbocycles. The van der Waals surface area contributed by atoms with Crippen LogP contribution in [-0.2, 0) is 16.0 Å². The summed E-state index contributed by atoms with van der Waals surface area (Å²) < 4.78 is 17.0. The van der Waals surface area contributed by atoms with Gasteiger partial charge in [-0.05, 0) is 65.9 Å². The number of aryl methyl sites for hydroxylation is 1. The van der Waals surface area contributed by atoms with Gasteiger partial charge in [-0.25, -0.2) is 0 Å². The predicted molar refractivity (Wildman–Crippen MR) is 165 cm³/mol. The number of carbonyl (C=O) groups excluding carboxylic acids is 2. The fourth-order valence-corrected chi connectivity index (χ4v) is 5.43. The number of benzene rings is 2. The lowest BCUT2D eigenvalue weighted by Gasteiger charge is -2.19. The number of hydrogen-bond acceptors (Lipinski definition) is 9. The first-order chi connectivity index (χ1) is 21.1. The number of methoxy groups -OCH3 is 3. The first-order valence-electron chi connectivity index (χ1n) is 13.7. The van der Waals surface area contributed by atoms with Crippen LogP contribution in [0.5, 0.6) is 17.2 Å². The molecule has 3 aromatic carbocycles. The molecule has 13 nitrogen and oxygen atoms in total. The fourth-order valence-electron chi connectivity index (χ4n) is 5.43. The van der Waals surface area contributed by atoms with Crippen LogP contribution in [0.3, 0.4) is 0 Å². The van der Waals surface area contributed by atoms with Crippen molar-refractivity contribution in [1.29, 1.82) is 0 Å². The second kappa shape index (κ2) is 12.3. The summed E-state index contributed by atoms with van der Waals surface area (Å²) >= 11 is 0. The molecule has 1 aromatic heterocycles. The van der Waals surface area contributed by atoms with E-state index >= 15 is 0 Å². The molecular formula is C31H31N5O8. The second-order valence-electron chi connectivity index (χ2n) is 10.2. The molecular weight excluding hydrogens is 570 g/mol. The average molecular weight is 602 g/mol. The Labute approximate surface area is 250 Å². The minimum Gasteiger partial charge on any atom is -0.493 e. The summed E-state index contributed by atoms with van der Waals surface area (Å²) in [7, 11) is 4.57. The highest BCUT2D eigenvalue weighted by Gasteiger charge is 2.29. The summed E-state index contributed by atoms with van der Waals surface area (Å²) in [5, 5.41) is 8.56. The van der Waals surface area contributed by atoms with Crippen molar-refractivity contribution in [2.75, 3.05) is 38.5 Å². The van der Waals surface area contributed by atoms with Crippen LogP contribution in [-0.4, -0.2) is 49.7 Å². The number of carbonyl (C=O) groups is 2. The molecule has 44 heavy (non-hydrogen) atoms. The van der Waals surface area contributed by atoms with E-state index in [1.54, 1.807) is 24.3 Å². The molecule has 0 bridgehead atoms. The third-order valence-electron chi connectivity index (χ3n) is 7.36. The largest absolute Gasteiger partial charge is 0.493 e. The van der Waals surface area contributed by atoms with Crippen LogP contribution >= 0.6 is 0 Å². The molecule has 1 heterocycles. The molecule has 0 radical (unpaired) electrons. The van der Waals surface area contributed by atoms with Crippen molar-refractivity contribution >= 4 is 34.2 Å². The van der Waals surface area contributed by atoms with Gasteiger partial charge in [-0.2, -0.15) is 0 Å². The summed E-state index contributed by atoms with van der Waals surface area (Å²) in [5.41, 5.74) is 2.19. The Hall–Kier alpha value is -5.59. The topological polar surface area (TPSA) is 181 Å². The molecule has 1 atom stereocenters. The van der Waals surface area contributed by atoms with Crippen molar-refractivity contribution in [3.8, 4) is 28.4 Å². The van der Waals surface area contributed by atoms with Gasteiger partial charge in [0.15, 0.2) is 11.5 Å². The van der Waals surface area contributed by atoms with Gasteiger partial charge in [0.05, 0.1) is 50.6 Å². The highest BCUT2D eigenvalue weighted by molar-refractivity contribution is 5.95. The lowest BCUT2D eigenvalue weighted by atomic mass is 9.95. The minimum atomic E-state index is -0.806. The summed E-state index contributed by atoms with van der Waals surface area (Å²) in [4.78, 5) is 66.5. The van der Waals surface area contributed by atoms with Gasteiger partial charge in [0, 0.05) is 18.2 Å². The highest BCUT2D eigenvalue weighted by atomic mass is 16.5. The quantitative estimate of drug-likeness (QED) is 0.190. The van der Waals surface area contributed by atoms with E-state index < -0.39 is 23.1 Å². The summed E-state index contributed by atoms with van der Waals surface area (Å²) in [6.45, 7) is 1.17. The van der Waals surface area contributed by atoms with Gasteiger partial charge in [0.2, 0.25) is 23.0 Å². The first-order valence-corrected chi connectivity index (χ1v) is 13.7. The fraction of sp³-hybridized carbons (Fsp3) is 0.258. The molecule has 0 aliphatic heterocycles. The van der Waals surface area contributed by atoms with E-state index in [0.717, 1.165) is 5.56 Å². The van der Waals surface area contributed by atoms with Gasteiger partial charge in [0.1, 0.15) is 0 Å². The molecule has 5 rings (SSSR count). The standard InChI is InChI=1S/C31H31N5O8/c1-15(37)33-20-8-5-16-11-25(42-2)28(43-3)29(44-4)27(16)18-7-10-22(24(38)13-19(18)20)32-14-26(39)34-17-6-9-21-23(12-17)36-31(41)30(40)35-21/h6-7,9-13,20H,5,8,14H2,1-4H3,(H,32,38)(H,33,37)(H,34,39)(H,35,40)(H,36,41)/t20-/m0/s1. The minimum absolute atomic E-state index is 0.163. The molecule has 0 saturated heterocycles. The number of aromatic nitrogens is 2. The highest BCUT2D eigenvalue weighted by Crippen LogP contribution is 2.50. The van der Waals surface area contributed by atoms with Crippen molar-refractivity contribution in [3.63, 3.8) is 0 Å². The Bertz CT molecular complexity index is 1970. The summed E-state index contributed by atoms with van der Waals surface area (Å²) in [6, 6.07) is 10.8. The molecule has 0 saturated carbocycles. The molecule has 4 aromatic rings. The summed E-state index contributed by atoms with van der Waals surface area (Å²) in [6.07, 6.45) is 1.07. The van der Waals surface area contributed by atoms with Gasteiger partial charge >= 0.3 is 11.1 Å². The number of anilines is 2. The third-order valence-corrected chi connectivity index (χ3v) is 7.36. The molecule has 228 valence electrons. The van der Waals surface area contributed by atoms with Gasteiger partial charge in [-0.3, -0.25) is 24.0 Å². The van der Waals surface area contributed by atoms with Crippen LogP contribution in [0.1, 0.15) is 30.5 Å². The SMILES string of the molecule is COc1cc2c(c(OC)c1OC)-c1ccc(NCC(=O)Nc3ccc4[nH]c(=O)c(=O)[nH]c4c3)c(=O)cc1[C@@H](NC(C)=O)CC2. The van der Waals surface area contributed by atoms with Crippen molar-refractivity contribution in [1.82, 2.24) is 15.3 Å². The van der Waals surface area contributed by atoms with Gasteiger partial charge < -0.3 is 40.1 Å². The number of H-pyrrole nitrogens is 2. The molecule has 0 fully saturated rings. The zero-order chi connectivity index (χ0) is 31.5. The Morgan fingerprint density at radius 2 is 1.61 bits per heavy atom. The Morgan fingerprint density at radius 3 is 2.30 bits per heavy atom. The van der Waals surface area contributed by atoms with Crippen molar-refractivity contribution in [3.05, 3.63) is 84.5 Å². The molecule has 1 aliphatic rings. The lowest BCUT2D eigenvalue weighted by molar-refractivity contribution is -0.119. The molecule has 5 N–H and O–H groups in total. The van der Waals surface area contributed by atoms with Crippen LogP contribution in [0.15, 0.2) is 56.8 Å². The number of rotatable bonds is 8. The predicted octanol–water partition coefficient (Wildman–Crippen LogP) is 2.44. The maximum atomic E-state index is 13.5. The van der Waals surface area contributed by atoms with E-state index in [9.17, 15) is 24.0 Å². The lowest BCUT2D eigenvalue weighted by Crippen LogP contribution is -2.29. The summed E-state index contributed by atoms with van der Waals surface area (Å²) in [5.74, 6) is 0.619. The van der Waals surface area contributed by atoms with E-state index in [2.05, 4.69) is 25.9 Å². The Balaban J connectivity index is 1.49. The van der Waals surface area contributed by atoms with E-state index in [0.29, 0.717) is 63.5 Å². The van der Waals surface area contributed by atoms with E-state index in [-0.39, 0.29) is 23.6 Å². The van der Waals surface area contributed by atoms with Crippen LogP contribution in [0, 0.1) is 0 Å². The van der Waals surface area contributed by atoms with E-state index in [1.165, 1.54) is 40.4 Å². The number of nitrogens with one attached hydrogen (secondary N) is 5. The zero-order valence-corrected chi connectivity index (χ0v) is 24.5. The number of ether oxygens (including phenoxy) is 3. The normalized spacial score (nSPS) is 13.6. The zero-order valence-electron chi connectivity index (χ0n) is 24.5. The van der Waals surface area contributed by atoms with E-state index in [1.807, 2.05) is 6.07 Å². The van der Waals surface area contributed by atoms with Crippen LogP contribution in [0.4, 0.5) is 11.4 Å². The third kappa shape index (κ3) is 5.84. The number of amides is 2. The van der Waals surface area contributed by atoms with Crippen LogP contribution < -0.4 is 46.7 Å². The van der Waals surface area contributed by atoms with Crippen LogP contribution in [0.2, 0.25) is 0 Å². The molecule has 13 heteroatoms. The van der Waals surface area contributed by atoms with Gasteiger partial charge in [0.25, 0.3) is 0 Å². The number of fused-ring (bicyclic) bond motifs is 4. The van der Waals surface area contributed by atoms with Crippen LogP contribution in [0.25, 0.3) is 22.2 Å². The van der Waals surface area contributed by atoms with E-state index in [4.69, 9.17) is 14.2 Å². The molecule has 0 unspecified atom stereocenters. The smallest absolute Gasteiger partial charge is 0.314 e. The van der Waals surface area contributed by atoms with Crippen molar-refractivity contribution in [2.24, 2.45) is 0 Å². The monoisotopic (exact) mass is 601 g/mol.